The fraction of sp³-hybridized carbons (Fsp3) is 0.680. The van der Waals surface area contributed by atoms with Gasteiger partial charge in [-0.2, -0.15) is 0 Å². The van der Waals surface area contributed by atoms with Crippen LogP contribution in [0.15, 0.2) is 35.3 Å². The van der Waals surface area contributed by atoms with E-state index in [1.807, 2.05) is 20.8 Å². The predicted molar refractivity (Wildman–Crippen MR) is 143 cm³/mol. The molecule has 7 heteroatoms. The Bertz CT molecular complexity index is 734. The van der Waals surface area contributed by atoms with Crippen LogP contribution in [0.2, 0.25) is 0 Å². The molecule has 3 rings (SSSR count). The Kier molecular flexibility index (Phi) is 10.7. The largest absolute Gasteiger partial charge is 0.357 e. The van der Waals surface area contributed by atoms with Gasteiger partial charge in [0.05, 0.1) is 6.54 Å². The number of likely N-dealkylation sites (tertiary alicyclic amines) is 2. The van der Waals surface area contributed by atoms with E-state index in [2.05, 4.69) is 57.7 Å². The highest BCUT2D eigenvalue weighted by molar-refractivity contribution is 14.0. The quantitative estimate of drug-likeness (QED) is 0.243. The minimum Gasteiger partial charge on any atom is -0.357 e. The van der Waals surface area contributed by atoms with Crippen LogP contribution in [0, 0.1) is 11.3 Å². The van der Waals surface area contributed by atoms with Gasteiger partial charge in [0.25, 0.3) is 0 Å². The van der Waals surface area contributed by atoms with Crippen molar-refractivity contribution in [2.45, 2.75) is 59.5 Å². The number of guanidine groups is 1. The first-order chi connectivity index (χ1) is 14.9. The molecule has 0 radical (unpaired) electrons. The molecule has 1 aromatic carbocycles. The van der Waals surface area contributed by atoms with Crippen LogP contribution in [0.25, 0.3) is 0 Å². The molecule has 2 fully saturated rings. The number of nitrogens with zero attached hydrogens (tertiary/aromatic N) is 3. The van der Waals surface area contributed by atoms with Crippen LogP contribution in [0.4, 0.5) is 0 Å². The summed E-state index contributed by atoms with van der Waals surface area (Å²) in [6, 6.07) is 11.5. The van der Waals surface area contributed by atoms with E-state index >= 15 is 0 Å². The summed E-state index contributed by atoms with van der Waals surface area (Å²) >= 11 is 0. The maximum atomic E-state index is 12.1. The second-order valence-electron chi connectivity index (χ2n) is 9.90. The van der Waals surface area contributed by atoms with E-state index in [1.54, 1.807) is 0 Å². The number of nitrogens with one attached hydrogen (secondary N) is 2. The molecule has 0 aromatic heterocycles. The van der Waals surface area contributed by atoms with Gasteiger partial charge in [-0.25, -0.2) is 0 Å². The predicted octanol–water partition coefficient (Wildman–Crippen LogP) is 3.72. The Balaban J connectivity index is 0.00000363. The lowest BCUT2D eigenvalue weighted by molar-refractivity contribution is -0.128. The molecule has 6 nitrogen and oxygen atoms in total. The Morgan fingerprint density at radius 3 is 2.56 bits per heavy atom. The molecule has 0 spiro atoms. The molecule has 2 atom stereocenters. The molecule has 0 bridgehead atoms. The summed E-state index contributed by atoms with van der Waals surface area (Å²) in [5, 5.41) is 6.47. The highest BCUT2D eigenvalue weighted by Gasteiger charge is 2.36. The van der Waals surface area contributed by atoms with Gasteiger partial charge in [-0.05, 0) is 44.2 Å². The molecule has 2 aliphatic heterocycles. The summed E-state index contributed by atoms with van der Waals surface area (Å²) in [6.45, 7) is 14.3. The molecule has 2 saturated heterocycles. The van der Waals surface area contributed by atoms with Crippen LogP contribution in [0.3, 0.4) is 0 Å². The molecule has 2 heterocycles. The Morgan fingerprint density at radius 2 is 1.88 bits per heavy atom. The minimum atomic E-state index is -0.358. The molecular formula is C25H42IN5O. The van der Waals surface area contributed by atoms with Gasteiger partial charge in [0.1, 0.15) is 0 Å². The van der Waals surface area contributed by atoms with Crippen molar-refractivity contribution >= 4 is 35.8 Å². The summed E-state index contributed by atoms with van der Waals surface area (Å²) < 4.78 is 0. The van der Waals surface area contributed by atoms with Crippen molar-refractivity contribution in [2.75, 3.05) is 39.3 Å². The third-order valence-corrected chi connectivity index (χ3v) is 6.39. The van der Waals surface area contributed by atoms with Gasteiger partial charge >= 0.3 is 0 Å². The molecule has 2 N–H and O–H groups in total. The molecule has 2 aliphatic rings. The SMILES string of the molecule is CCNC(=NCCNC(=O)C(C)(C)C)N1CCC2C(CCCN2Cc2ccccc2)C1.I. The Hall–Kier alpha value is -1.35. The lowest BCUT2D eigenvalue weighted by Gasteiger charge is -2.48. The fourth-order valence-electron chi connectivity index (χ4n) is 4.74. The van der Waals surface area contributed by atoms with Crippen molar-refractivity contribution in [3.63, 3.8) is 0 Å². The number of hydrogen-bond acceptors (Lipinski definition) is 3. The van der Waals surface area contributed by atoms with Gasteiger partial charge in [-0.1, -0.05) is 51.1 Å². The van der Waals surface area contributed by atoms with Gasteiger partial charge < -0.3 is 15.5 Å². The molecule has 0 aliphatic carbocycles. The topological polar surface area (TPSA) is 60.0 Å². The number of hydrogen-bond donors (Lipinski definition) is 2. The maximum Gasteiger partial charge on any atom is 0.225 e. The molecule has 2 unspecified atom stereocenters. The van der Waals surface area contributed by atoms with Crippen molar-refractivity contribution in [3.8, 4) is 0 Å². The zero-order chi connectivity index (χ0) is 22.3. The van der Waals surface area contributed by atoms with Crippen molar-refractivity contribution < 1.29 is 4.79 Å². The minimum absolute atomic E-state index is 0. The average molecular weight is 556 g/mol. The van der Waals surface area contributed by atoms with E-state index in [0.717, 1.165) is 32.1 Å². The lowest BCUT2D eigenvalue weighted by Crippen LogP contribution is -2.56. The number of carbonyl (C=O) groups is 1. The Labute approximate surface area is 211 Å². The smallest absolute Gasteiger partial charge is 0.225 e. The van der Waals surface area contributed by atoms with Crippen LogP contribution in [0.5, 0.6) is 0 Å². The zero-order valence-electron chi connectivity index (χ0n) is 20.3. The second kappa shape index (κ2) is 12.8. The molecule has 32 heavy (non-hydrogen) atoms. The second-order valence-corrected chi connectivity index (χ2v) is 9.90. The van der Waals surface area contributed by atoms with Crippen molar-refractivity contribution in [1.82, 2.24) is 20.4 Å². The third-order valence-electron chi connectivity index (χ3n) is 6.39. The number of carbonyl (C=O) groups excluding carboxylic acids is 1. The van der Waals surface area contributed by atoms with Gasteiger partial charge in [-0.3, -0.25) is 14.7 Å². The summed E-state index contributed by atoms with van der Waals surface area (Å²) in [6.07, 6.45) is 3.75. The zero-order valence-corrected chi connectivity index (χ0v) is 22.6. The lowest BCUT2D eigenvalue weighted by atomic mass is 9.83. The summed E-state index contributed by atoms with van der Waals surface area (Å²) in [4.78, 5) is 22.0. The van der Waals surface area contributed by atoms with Gasteiger partial charge in [0.15, 0.2) is 5.96 Å². The van der Waals surface area contributed by atoms with E-state index in [0.29, 0.717) is 25.0 Å². The fourth-order valence-corrected chi connectivity index (χ4v) is 4.74. The van der Waals surface area contributed by atoms with Crippen LogP contribution < -0.4 is 10.6 Å². The maximum absolute atomic E-state index is 12.1. The molecular weight excluding hydrogens is 513 g/mol. The highest BCUT2D eigenvalue weighted by Crippen LogP contribution is 2.31. The van der Waals surface area contributed by atoms with Crippen LogP contribution in [-0.2, 0) is 11.3 Å². The van der Waals surface area contributed by atoms with E-state index in [-0.39, 0.29) is 35.3 Å². The first-order valence-electron chi connectivity index (χ1n) is 12.0. The van der Waals surface area contributed by atoms with Gasteiger partial charge in [0, 0.05) is 44.2 Å². The summed E-state index contributed by atoms with van der Waals surface area (Å²) in [5.74, 6) is 1.76. The normalized spacial score (nSPS) is 22.0. The highest BCUT2D eigenvalue weighted by atomic mass is 127. The van der Waals surface area contributed by atoms with Crippen LogP contribution >= 0.6 is 24.0 Å². The summed E-state index contributed by atoms with van der Waals surface area (Å²) in [7, 11) is 0. The number of benzene rings is 1. The average Bonchev–Trinajstić information content (AvgIpc) is 2.75. The molecule has 180 valence electrons. The molecule has 0 saturated carbocycles. The number of fused-ring (bicyclic) bond motifs is 1. The first kappa shape index (κ1) is 26.9. The van der Waals surface area contributed by atoms with Crippen molar-refractivity contribution in [3.05, 3.63) is 35.9 Å². The Morgan fingerprint density at radius 1 is 1.12 bits per heavy atom. The number of piperidine rings is 2. The van der Waals surface area contributed by atoms with E-state index in [1.165, 1.54) is 31.4 Å². The first-order valence-corrected chi connectivity index (χ1v) is 12.0. The van der Waals surface area contributed by atoms with Crippen LogP contribution in [-0.4, -0.2) is 67.0 Å². The summed E-state index contributed by atoms with van der Waals surface area (Å²) in [5.41, 5.74) is 1.06. The van der Waals surface area contributed by atoms with Gasteiger partial charge in [-0.15, -0.1) is 24.0 Å². The van der Waals surface area contributed by atoms with E-state index < -0.39 is 0 Å². The van der Waals surface area contributed by atoms with E-state index in [9.17, 15) is 4.79 Å². The number of amides is 1. The molecule has 1 aromatic rings. The number of aliphatic imine (C=N–C) groups is 1. The van der Waals surface area contributed by atoms with E-state index in [4.69, 9.17) is 4.99 Å². The number of halogens is 1. The number of rotatable bonds is 6. The van der Waals surface area contributed by atoms with Crippen LogP contribution in [0.1, 0.15) is 52.5 Å². The van der Waals surface area contributed by atoms with Crippen molar-refractivity contribution in [1.29, 1.82) is 0 Å². The monoisotopic (exact) mass is 555 g/mol. The third kappa shape index (κ3) is 7.61. The molecule has 1 amide bonds. The van der Waals surface area contributed by atoms with Crippen molar-refractivity contribution in [2.24, 2.45) is 16.3 Å². The van der Waals surface area contributed by atoms with Gasteiger partial charge in [0.2, 0.25) is 5.91 Å². The standard InChI is InChI=1S/C25H41N5O.HI/c1-5-26-24(28-15-14-27-23(31)25(2,3)4)30-17-13-22-21(19-30)12-9-16-29(22)18-20-10-7-6-8-11-20;/h6-8,10-11,21-22H,5,9,12-19H2,1-4H3,(H,26,28)(H,27,31);1H.